The minimum absolute atomic E-state index is 0.168. The lowest BCUT2D eigenvalue weighted by Crippen LogP contribution is -2.40. The number of nitrogens with zero attached hydrogens (tertiary/aromatic N) is 1. The SMILES string of the molecule is CC1CCC(NC(=O)NCc2cc(C(=O)O)ccn2)C1. The second-order valence-electron chi connectivity index (χ2n) is 5.28. The Bertz CT molecular complexity index is 504. The standard InChI is InChI=1S/C14H19N3O3/c1-9-2-3-11(6-9)17-14(20)16-8-12-7-10(13(18)19)4-5-15-12/h4-5,7,9,11H,2-3,6,8H2,1H3,(H,18,19)(H2,16,17,20). The van der Waals surface area contributed by atoms with E-state index >= 15 is 0 Å². The highest BCUT2D eigenvalue weighted by Crippen LogP contribution is 2.24. The van der Waals surface area contributed by atoms with Crippen molar-refractivity contribution in [1.82, 2.24) is 15.6 Å². The van der Waals surface area contributed by atoms with Crippen LogP contribution in [0.15, 0.2) is 18.3 Å². The van der Waals surface area contributed by atoms with Gasteiger partial charge in [0.05, 0.1) is 17.8 Å². The van der Waals surface area contributed by atoms with Gasteiger partial charge < -0.3 is 15.7 Å². The van der Waals surface area contributed by atoms with Gasteiger partial charge in [0.1, 0.15) is 0 Å². The van der Waals surface area contributed by atoms with Crippen LogP contribution in [0.4, 0.5) is 4.79 Å². The summed E-state index contributed by atoms with van der Waals surface area (Å²) in [4.78, 5) is 26.6. The molecule has 6 nitrogen and oxygen atoms in total. The largest absolute Gasteiger partial charge is 0.478 e. The highest BCUT2D eigenvalue weighted by atomic mass is 16.4. The molecule has 0 saturated heterocycles. The first-order valence-electron chi connectivity index (χ1n) is 6.77. The Morgan fingerprint density at radius 1 is 1.45 bits per heavy atom. The third kappa shape index (κ3) is 3.94. The number of rotatable bonds is 4. The molecule has 20 heavy (non-hydrogen) atoms. The third-order valence-corrected chi connectivity index (χ3v) is 3.52. The molecule has 0 radical (unpaired) electrons. The molecular formula is C14H19N3O3. The highest BCUT2D eigenvalue weighted by molar-refractivity contribution is 5.87. The number of carboxylic acid groups (broad SMARTS) is 1. The van der Waals surface area contributed by atoms with Crippen LogP contribution < -0.4 is 10.6 Å². The van der Waals surface area contributed by atoms with E-state index in [-0.39, 0.29) is 24.2 Å². The number of hydrogen-bond donors (Lipinski definition) is 3. The maximum absolute atomic E-state index is 11.7. The number of amides is 2. The van der Waals surface area contributed by atoms with E-state index in [1.54, 1.807) is 0 Å². The van der Waals surface area contributed by atoms with Crippen molar-refractivity contribution in [3.8, 4) is 0 Å². The zero-order chi connectivity index (χ0) is 14.5. The van der Waals surface area contributed by atoms with E-state index < -0.39 is 5.97 Å². The first-order chi connectivity index (χ1) is 9.54. The summed E-state index contributed by atoms with van der Waals surface area (Å²) in [7, 11) is 0. The minimum Gasteiger partial charge on any atom is -0.478 e. The van der Waals surface area contributed by atoms with Gasteiger partial charge in [-0.1, -0.05) is 6.92 Å². The first-order valence-corrected chi connectivity index (χ1v) is 6.77. The Balaban J connectivity index is 1.81. The van der Waals surface area contributed by atoms with Crippen LogP contribution in [0, 0.1) is 5.92 Å². The fourth-order valence-electron chi connectivity index (χ4n) is 2.45. The van der Waals surface area contributed by atoms with Crippen molar-refractivity contribution >= 4 is 12.0 Å². The summed E-state index contributed by atoms with van der Waals surface area (Å²) < 4.78 is 0. The van der Waals surface area contributed by atoms with E-state index in [9.17, 15) is 9.59 Å². The van der Waals surface area contributed by atoms with Crippen molar-refractivity contribution < 1.29 is 14.7 Å². The molecule has 6 heteroatoms. The molecule has 1 aliphatic carbocycles. The average molecular weight is 277 g/mol. The molecule has 2 rings (SSSR count). The Labute approximate surface area is 117 Å². The molecule has 1 aliphatic rings. The van der Waals surface area contributed by atoms with E-state index in [1.165, 1.54) is 18.3 Å². The lowest BCUT2D eigenvalue weighted by Gasteiger charge is -2.13. The van der Waals surface area contributed by atoms with Gasteiger partial charge in [-0.3, -0.25) is 4.98 Å². The monoisotopic (exact) mass is 277 g/mol. The van der Waals surface area contributed by atoms with Gasteiger partial charge in [0, 0.05) is 12.2 Å². The normalized spacial score (nSPS) is 21.4. The predicted octanol–water partition coefficient (Wildman–Crippen LogP) is 1.77. The molecule has 1 fully saturated rings. The Hall–Kier alpha value is -2.11. The van der Waals surface area contributed by atoms with Gasteiger partial charge in [0.15, 0.2) is 0 Å². The molecule has 1 aromatic rings. The zero-order valence-corrected chi connectivity index (χ0v) is 11.4. The molecule has 2 unspecified atom stereocenters. The van der Waals surface area contributed by atoms with E-state index in [2.05, 4.69) is 22.5 Å². The van der Waals surface area contributed by atoms with Gasteiger partial charge in [0.2, 0.25) is 0 Å². The van der Waals surface area contributed by atoms with Crippen LogP contribution in [0.2, 0.25) is 0 Å². The number of hydrogen-bond acceptors (Lipinski definition) is 3. The molecule has 3 N–H and O–H groups in total. The van der Waals surface area contributed by atoms with Crippen molar-refractivity contribution in [1.29, 1.82) is 0 Å². The number of carbonyl (C=O) groups is 2. The number of nitrogens with one attached hydrogen (secondary N) is 2. The zero-order valence-electron chi connectivity index (χ0n) is 11.4. The van der Waals surface area contributed by atoms with Crippen LogP contribution in [0.1, 0.15) is 42.2 Å². The van der Waals surface area contributed by atoms with Crippen molar-refractivity contribution in [2.45, 2.75) is 38.8 Å². The third-order valence-electron chi connectivity index (χ3n) is 3.52. The van der Waals surface area contributed by atoms with Gasteiger partial charge in [-0.2, -0.15) is 0 Å². The molecule has 0 aromatic carbocycles. The molecule has 0 bridgehead atoms. The van der Waals surface area contributed by atoms with E-state index in [1.807, 2.05) is 0 Å². The van der Waals surface area contributed by atoms with Gasteiger partial charge in [-0.25, -0.2) is 9.59 Å². The van der Waals surface area contributed by atoms with Crippen LogP contribution >= 0.6 is 0 Å². The lowest BCUT2D eigenvalue weighted by molar-refractivity contribution is 0.0696. The van der Waals surface area contributed by atoms with E-state index in [0.29, 0.717) is 11.6 Å². The Morgan fingerprint density at radius 2 is 2.25 bits per heavy atom. The Kier molecular flexibility index (Phi) is 4.55. The minimum atomic E-state index is -1.00. The second-order valence-corrected chi connectivity index (χ2v) is 5.28. The summed E-state index contributed by atoms with van der Waals surface area (Å²) >= 11 is 0. The van der Waals surface area contributed by atoms with Crippen LogP contribution in [0.25, 0.3) is 0 Å². The molecule has 2 amide bonds. The average Bonchev–Trinajstić information content (AvgIpc) is 2.82. The summed E-state index contributed by atoms with van der Waals surface area (Å²) in [5.41, 5.74) is 0.696. The molecule has 1 saturated carbocycles. The smallest absolute Gasteiger partial charge is 0.335 e. The topological polar surface area (TPSA) is 91.3 Å². The number of carbonyl (C=O) groups excluding carboxylic acids is 1. The molecule has 1 heterocycles. The summed E-state index contributed by atoms with van der Waals surface area (Å²) in [5, 5.41) is 14.5. The van der Waals surface area contributed by atoms with E-state index in [4.69, 9.17) is 5.11 Å². The van der Waals surface area contributed by atoms with Crippen LogP contribution in [0.3, 0.4) is 0 Å². The van der Waals surface area contributed by atoms with Gasteiger partial charge >= 0.3 is 12.0 Å². The number of pyridine rings is 1. The molecule has 0 aliphatic heterocycles. The fraction of sp³-hybridized carbons (Fsp3) is 0.500. The van der Waals surface area contributed by atoms with Gasteiger partial charge in [-0.05, 0) is 37.3 Å². The number of aromatic carboxylic acids is 1. The fourth-order valence-corrected chi connectivity index (χ4v) is 2.45. The predicted molar refractivity (Wildman–Crippen MR) is 73.4 cm³/mol. The maximum atomic E-state index is 11.7. The van der Waals surface area contributed by atoms with Crippen molar-refractivity contribution in [2.24, 2.45) is 5.92 Å². The summed E-state index contributed by atoms with van der Waals surface area (Å²) in [6.45, 7) is 2.40. The van der Waals surface area contributed by atoms with Gasteiger partial charge in [-0.15, -0.1) is 0 Å². The molecule has 0 spiro atoms. The van der Waals surface area contributed by atoms with E-state index in [0.717, 1.165) is 19.3 Å². The van der Waals surface area contributed by atoms with Crippen molar-refractivity contribution in [3.63, 3.8) is 0 Å². The molecular weight excluding hydrogens is 258 g/mol. The summed E-state index contributed by atoms with van der Waals surface area (Å²) in [6, 6.07) is 2.89. The molecule has 1 aromatic heterocycles. The maximum Gasteiger partial charge on any atom is 0.335 e. The number of carboxylic acids is 1. The van der Waals surface area contributed by atoms with Crippen molar-refractivity contribution in [2.75, 3.05) is 0 Å². The number of aromatic nitrogens is 1. The summed E-state index contributed by atoms with van der Waals surface area (Å²) in [5.74, 6) is -0.341. The van der Waals surface area contributed by atoms with Crippen LogP contribution in [0.5, 0.6) is 0 Å². The van der Waals surface area contributed by atoms with Crippen LogP contribution in [-0.4, -0.2) is 28.1 Å². The quantitative estimate of drug-likeness (QED) is 0.782. The summed E-state index contributed by atoms with van der Waals surface area (Å²) in [6.07, 6.45) is 4.60. The first kappa shape index (κ1) is 14.3. The lowest BCUT2D eigenvalue weighted by atomic mass is 10.1. The highest BCUT2D eigenvalue weighted by Gasteiger charge is 2.22. The Morgan fingerprint density at radius 3 is 2.90 bits per heavy atom. The molecule has 108 valence electrons. The van der Waals surface area contributed by atoms with Gasteiger partial charge in [0.25, 0.3) is 0 Å². The van der Waals surface area contributed by atoms with Crippen molar-refractivity contribution in [3.05, 3.63) is 29.6 Å². The number of urea groups is 1. The second kappa shape index (κ2) is 6.36. The van der Waals surface area contributed by atoms with Crippen LogP contribution in [-0.2, 0) is 6.54 Å². The molecule has 2 atom stereocenters.